The number of aliphatic hydroxyl groups excluding tert-OH is 1. The molecule has 0 saturated carbocycles. The van der Waals surface area contributed by atoms with Gasteiger partial charge in [-0.25, -0.2) is 13.3 Å². The summed E-state index contributed by atoms with van der Waals surface area (Å²) in [7, 11) is -5.02. The van der Waals surface area contributed by atoms with Crippen molar-refractivity contribution in [1.82, 2.24) is 10.2 Å². The Kier molecular flexibility index (Phi) is 6.08. The fourth-order valence-corrected chi connectivity index (χ4v) is 5.18. The first-order valence-electron chi connectivity index (χ1n) is 13.2. The zero-order valence-corrected chi connectivity index (χ0v) is 22.7. The van der Waals surface area contributed by atoms with Crippen molar-refractivity contribution in [2.24, 2.45) is 0 Å². The third-order valence-corrected chi connectivity index (χ3v) is 7.22. The van der Waals surface area contributed by atoms with Crippen LogP contribution in [0.2, 0.25) is 0 Å². The number of nitrogens with one attached hydrogen (secondary N) is 1. The average Bonchev–Trinajstić information content (AvgIpc) is 3.04. The SMILES string of the molecule is [2H]C([2H])(OP1(=O)OCc2c(F)c(C(C)(C)C)cc(C(C)(C)C)c2O1)[C@]1(F)C[C@@H](O)[C@]([2H])(N2C=C(F)C(=O)NC2=C)O1. The van der Waals surface area contributed by atoms with Gasteiger partial charge in [0, 0.05) is 18.2 Å². The van der Waals surface area contributed by atoms with Crippen molar-refractivity contribution in [3.63, 3.8) is 0 Å². The number of carbonyl (C=O) groups excluding carboxylic acids is 1. The molecule has 1 saturated heterocycles. The number of rotatable bonds is 4. The first-order valence-corrected chi connectivity index (χ1v) is 13.2. The molecule has 0 radical (unpaired) electrons. The highest BCUT2D eigenvalue weighted by atomic mass is 31.2. The summed E-state index contributed by atoms with van der Waals surface area (Å²) in [5.74, 6) is -7.65. The van der Waals surface area contributed by atoms with Crippen LogP contribution in [0.1, 0.15) is 68.8 Å². The molecule has 0 aliphatic carbocycles. The van der Waals surface area contributed by atoms with Crippen LogP contribution in [0.4, 0.5) is 13.2 Å². The lowest BCUT2D eigenvalue weighted by molar-refractivity contribution is -0.184. The smallest absolute Gasteiger partial charge is 0.403 e. The van der Waals surface area contributed by atoms with Crippen LogP contribution in [0, 0.1) is 5.82 Å². The number of halogens is 3. The molecule has 210 valence electrons. The van der Waals surface area contributed by atoms with E-state index in [1.165, 1.54) is 0 Å². The normalized spacial score (nSPS) is 33.5. The van der Waals surface area contributed by atoms with Gasteiger partial charge in [-0.2, -0.15) is 4.39 Å². The van der Waals surface area contributed by atoms with Crippen molar-refractivity contribution < 1.29 is 50.1 Å². The van der Waals surface area contributed by atoms with E-state index < -0.39 is 79.8 Å². The zero-order valence-electron chi connectivity index (χ0n) is 24.8. The second-order valence-electron chi connectivity index (χ2n) is 11.2. The highest BCUT2D eigenvalue weighted by Gasteiger charge is 2.52. The summed E-state index contributed by atoms with van der Waals surface area (Å²) in [6, 6.07) is 1.55. The summed E-state index contributed by atoms with van der Waals surface area (Å²) in [6.07, 6.45) is -5.92. The number of hydrogen-bond acceptors (Lipinski definition) is 8. The van der Waals surface area contributed by atoms with Crippen LogP contribution in [0.25, 0.3) is 0 Å². The second kappa shape index (κ2) is 9.38. The number of amides is 1. The number of aliphatic hydroxyl groups is 1. The fraction of sp³-hybridized carbons (Fsp3) is 0.560. The summed E-state index contributed by atoms with van der Waals surface area (Å²) >= 11 is 0. The topological polar surface area (TPSA) is 107 Å². The summed E-state index contributed by atoms with van der Waals surface area (Å²) in [5, 5.41) is 12.5. The number of alkyl halides is 1. The Balaban J connectivity index is 1.67. The number of carbonyl (C=O) groups is 1. The van der Waals surface area contributed by atoms with Crippen LogP contribution in [0.5, 0.6) is 5.75 Å². The van der Waals surface area contributed by atoms with Crippen LogP contribution >= 0.6 is 7.82 Å². The van der Waals surface area contributed by atoms with E-state index in [2.05, 4.69) is 6.58 Å². The Morgan fingerprint density at radius 1 is 1.32 bits per heavy atom. The predicted octanol–water partition coefficient (Wildman–Crippen LogP) is 4.94. The van der Waals surface area contributed by atoms with Crippen molar-refractivity contribution >= 4 is 13.7 Å². The van der Waals surface area contributed by atoms with Crippen LogP contribution in [-0.2, 0) is 40.6 Å². The van der Waals surface area contributed by atoms with Crippen molar-refractivity contribution in [2.75, 3.05) is 6.56 Å². The van der Waals surface area contributed by atoms with E-state index >= 15 is 8.78 Å². The third kappa shape index (κ3) is 5.37. The standard InChI is InChI=1S/C25H32F3N2O7P/c1-13-29-21(32)17(26)10-30(13)22-18(31)9-25(28,36-22)12-35-38(33)34-11-14-19(27)15(23(2,3)4)8-16(20(14)37-38)24(5,6)7/h8,10,18,22,31H,1,9,11-12H2,2-7H3,(H,29,32)/t18-,22-,25+,38?/m1/s1/i12D2,22D. The van der Waals surface area contributed by atoms with E-state index in [0.717, 1.165) is 0 Å². The number of ether oxygens (including phenoxy) is 1. The number of hydrogen-bond donors (Lipinski definition) is 2. The van der Waals surface area contributed by atoms with Gasteiger partial charge in [-0.05, 0) is 22.5 Å². The first-order chi connectivity index (χ1) is 18.4. The van der Waals surface area contributed by atoms with Gasteiger partial charge >= 0.3 is 7.82 Å². The Hall–Kier alpha value is -2.37. The van der Waals surface area contributed by atoms with Gasteiger partial charge in [0.15, 0.2) is 6.20 Å². The van der Waals surface area contributed by atoms with Gasteiger partial charge in [0.2, 0.25) is 11.7 Å². The molecular formula is C25H32F3N2O7P. The van der Waals surface area contributed by atoms with Gasteiger partial charge in [0.1, 0.15) is 30.1 Å². The van der Waals surface area contributed by atoms with E-state index in [0.29, 0.717) is 22.2 Å². The Morgan fingerprint density at radius 3 is 2.55 bits per heavy atom. The van der Waals surface area contributed by atoms with Gasteiger partial charge < -0.3 is 24.6 Å². The highest BCUT2D eigenvalue weighted by molar-refractivity contribution is 7.49. The lowest BCUT2D eigenvalue weighted by Crippen LogP contribution is -2.46. The molecule has 9 nitrogen and oxygen atoms in total. The fourth-order valence-electron chi connectivity index (χ4n) is 4.07. The molecule has 4 atom stereocenters. The van der Waals surface area contributed by atoms with Gasteiger partial charge in [-0.1, -0.05) is 48.1 Å². The van der Waals surface area contributed by atoms with E-state index in [9.17, 15) is 18.9 Å². The minimum Gasteiger partial charge on any atom is -0.403 e. The molecular weight excluding hydrogens is 528 g/mol. The van der Waals surface area contributed by atoms with Gasteiger partial charge in [0.25, 0.3) is 5.91 Å². The molecule has 3 aliphatic rings. The molecule has 38 heavy (non-hydrogen) atoms. The van der Waals surface area contributed by atoms with Gasteiger partial charge in [-0.15, -0.1) is 0 Å². The predicted molar refractivity (Wildman–Crippen MR) is 130 cm³/mol. The summed E-state index contributed by atoms with van der Waals surface area (Å²) in [5.41, 5.74) is -0.633. The van der Waals surface area contributed by atoms with Crippen molar-refractivity contribution in [3.05, 3.63) is 53.0 Å². The van der Waals surface area contributed by atoms with E-state index in [4.69, 9.17) is 22.4 Å². The number of phosphoric ester groups is 1. The number of fused-ring (bicyclic) bond motifs is 1. The average molecular weight is 564 g/mol. The Bertz CT molecular complexity index is 1400. The molecule has 1 aromatic carbocycles. The lowest BCUT2D eigenvalue weighted by Gasteiger charge is -2.34. The number of benzene rings is 1. The van der Waals surface area contributed by atoms with E-state index in [-0.39, 0.29) is 11.3 Å². The lowest BCUT2D eigenvalue weighted by atomic mass is 9.78. The molecule has 4 rings (SSSR count). The van der Waals surface area contributed by atoms with Gasteiger partial charge in [-0.3, -0.25) is 13.8 Å². The first kappa shape index (κ1) is 24.7. The highest BCUT2D eigenvalue weighted by Crippen LogP contribution is 2.58. The number of nitrogens with zero attached hydrogens (tertiary/aromatic N) is 1. The molecule has 0 bridgehead atoms. The molecule has 1 fully saturated rings. The maximum absolute atomic E-state index is 16.1. The third-order valence-electron chi connectivity index (χ3n) is 6.06. The Labute approximate surface area is 223 Å². The van der Waals surface area contributed by atoms with Crippen LogP contribution in [0.15, 0.2) is 30.5 Å². The van der Waals surface area contributed by atoms with E-state index in [1.54, 1.807) is 47.6 Å². The monoisotopic (exact) mass is 563 g/mol. The van der Waals surface area contributed by atoms with Crippen molar-refractivity contribution in [3.8, 4) is 5.75 Å². The van der Waals surface area contributed by atoms with Crippen LogP contribution < -0.4 is 9.84 Å². The maximum atomic E-state index is 16.1. The summed E-state index contributed by atoms with van der Waals surface area (Å²) in [4.78, 5) is 12.0. The number of phosphoric acid groups is 1. The Morgan fingerprint density at radius 2 is 1.95 bits per heavy atom. The molecule has 1 aromatic rings. The quantitative estimate of drug-likeness (QED) is 0.497. The van der Waals surface area contributed by atoms with Crippen LogP contribution in [0.3, 0.4) is 0 Å². The zero-order chi connectivity index (χ0) is 31.1. The van der Waals surface area contributed by atoms with Crippen LogP contribution in [-0.4, -0.2) is 40.6 Å². The molecule has 3 aliphatic heterocycles. The molecule has 0 spiro atoms. The molecule has 13 heteroatoms. The second-order valence-corrected chi connectivity index (χ2v) is 12.8. The molecule has 1 amide bonds. The van der Waals surface area contributed by atoms with E-state index in [1.807, 2.05) is 5.32 Å². The van der Waals surface area contributed by atoms with Crippen molar-refractivity contribution in [1.29, 1.82) is 0 Å². The minimum atomic E-state index is -5.02. The minimum absolute atomic E-state index is 0.0786. The molecule has 3 heterocycles. The largest absolute Gasteiger partial charge is 0.530 e. The maximum Gasteiger partial charge on any atom is 0.530 e. The van der Waals surface area contributed by atoms with Crippen molar-refractivity contribution in [2.45, 2.75) is 83.6 Å². The van der Waals surface area contributed by atoms with Gasteiger partial charge in [0.05, 0.1) is 16.3 Å². The summed E-state index contributed by atoms with van der Waals surface area (Å²) < 4.78 is 105. The molecule has 2 N–H and O–H groups in total. The molecule has 0 aromatic heterocycles. The summed E-state index contributed by atoms with van der Waals surface area (Å²) in [6.45, 7) is 9.83. The molecule has 1 unspecified atom stereocenters.